The molecule has 0 bridgehead atoms. The Hall–Kier alpha value is -2.97. The zero-order valence-corrected chi connectivity index (χ0v) is 22.6. The Morgan fingerprint density at radius 2 is 1.84 bits per heavy atom. The maximum atomic E-state index is 14.2. The van der Waals surface area contributed by atoms with E-state index < -0.39 is 5.41 Å². The molecule has 0 spiro atoms. The van der Waals surface area contributed by atoms with Crippen molar-refractivity contribution in [3.8, 4) is 0 Å². The minimum atomic E-state index is -0.787. The number of amides is 1. The molecule has 3 aromatic rings. The number of piperazine rings is 1. The Balaban J connectivity index is 1.23. The van der Waals surface area contributed by atoms with Gasteiger partial charge in [0.1, 0.15) is 5.82 Å². The average molecular weight is 524 g/mol. The normalized spacial score (nSPS) is 16.8. The van der Waals surface area contributed by atoms with E-state index in [1.165, 1.54) is 12.7 Å². The third kappa shape index (κ3) is 5.36. The number of anilines is 2. The van der Waals surface area contributed by atoms with Gasteiger partial charge in [-0.25, -0.2) is 4.39 Å². The van der Waals surface area contributed by atoms with Gasteiger partial charge < -0.3 is 14.5 Å². The molecule has 0 unspecified atom stereocenters. The first kappa shape index (κ1) is 25.7. The minimum Gasteiger partial charge on any atom is -0.469 e. The number of nitrogens with zero attached hydrogens (tertiary/aromatic N) is 3. The monoisotopic (exact) mass is 523 g/mol. The predicted octanol–water partition coefficient (Wildman–Crippen LogP) is 4.88. The van der Waals surface area contributed by atoms with Crippen molar-refractivity contribution in [1.29, 1.82) is 0 Å². The number of ether oxygens (including phenoxy) is 1. The summed E-state index contributed by atoms with van der Waals surface area (Å²) in [5.74, 6) is -0.446. The van der Waals surface area contributed by atoms with Crippen molar-refractivity contribution >= 4 is 44.7 Å². The fourth-order valence-electron chi connectivity index (χ4n) is 5.43. The molecular weight excluding hydrogens is 489 g/mol. The van der Waals surface area contributed by atoms with Crippen molar-refractivity contribution in [2.45, 2.75) is 33.1 Å². The van der Waals surface area contributed by atoms with Crippen molar-refractivity contribution in [2.75, 3.05) is 56.2 Å². The van der Waals surface area contributed by atoms with Crippen LogP contribution in [0.15, 0.2) is 41.8 Å². The number of carbonyl (C=O) groups excluding carboxylic acids is 2. The molecule has 5 rings (SSSR count). The van der Waals surface area contributed by atoms with Crippen LogP contribution in [-0.2, 0) is 27.2 Å². The van der Waals surface area contributed by atoms with Gasteiger partial charge in [-0.05, 0) is 67.5 Å². The fourth-order valence-corrected chi connectivity index (χ4v) is 6.26. The lowest BCUT2D eigenvalue weighted by atomic mass is 9.90. The van der Waals surface area contributed by atoms with Gasteiger partial charge in [0.05, 0.1) is 12.5 Å². The summed E-state index contributed by atoms with van der Waals surface area (Å²) < 4.78 is 20.1. The summed E-state index contributed by atoms with van der Waals surface area (Å²) in [5.41, 5.74) is 3.45. The smallest absolute Gasteiger partial charge is 0.313 e. The lowest BCUT2D eigenvalue weighted by molar-refractivity contribution is -0.150. The van der Waals surface area contributed by atoms with Gasteiger partial charge in [-0.3, -0.25) is 14.5 Å². The van der Waals surface area contributed by atoms with Gasteiger partial charge in [-0.2, -0.15) is 0 Å². The van der Waals surface area contributed by atoms with Crippen LogP contribution in [0.5, 0.6) is 0 Å². The SMILES string of the molecule is COC(=O)C(C)(C)CN1C(=O)CCc2ccc(CCN3CCN(c4cc(F)cc5sccc45)CC3)cc21. The number of thiophene rings is 1. The Labute approximate surface area is 221 Å². The molecule has 1 saturated heterocycles. The third-order valence-electron chi connectivity index (χ3n) is 7.59. The highest BCUT2D eigenvalue weighted by Gasteiger charge is 2.35. The molecule has 1 aromatic heterocycles. The zero-order chi connectivity index (χ0) is 26.2. The summed E-state index contributed by atoms with van der Waals surface area (Å²) in [5, 5.41) is 3.15. The summed E-state index contributed by atoms with van der Waals surface area (Å²) in [4.78, 5) is 31.6. The van der Waals surface area contributed by atoms with Crippen LogP contribution >= 0.6 is 11.3 Å². The van der Waals surface area contributed by atoms with E-state index in [1.54, 1.807) is 28.4 Å². The molecule has 3 heterocycles. The topological polar surface area (TPSA) is 53.1 Å². The Morgan fingerprint density at radius 1 is 1.05 bits per heavy atom. The molecule has 37 heavy (non-hydrogen) atoms. The van der Waals surface area contributed by atoms with Crippen molar-refractivity contribution in [1.82, 2.24) is 4.90 Å². The molecule has 6 nitrogen and oxygen atoms in total. The van der Waals surface area contributed by atoms with E-state index >= 15 is 0 Å². The number of methoxy groups -OCH3 is 1. The maximum absolute atomic E-state index is 14.2. The van der Waals surface area contributed by atoms with Crippen molar-refractivity contribution < 1.29 is 18.7 Å². The van der Waals surface area contributed by atoms with Gasteiger partial charge in [0.2, 0.25) is 5.91 Å². The second kappa shape index (κ2) is 10.4. The maximum Gasteiger partial charge on any atom is 0.313 e. The standard InChI is InChI=1S/C29H34FN3O3S/c1-29(2,28(35)36-3)19-33-24-16-20(4-5-21(24)6-7-27(33)34)8-10-31-11-13-32(14-12-31)25-17-22(30)18-26-23(25)9-15-37-26/h4-5,9,15-18H,6-8,10-14,19H2,1-3H3. The van der Waals surface area contributed by atoms with Gasteiger partial charge in [-0.15, -0.1) is 11.3 Å². The summed E-state index contributed by atoms with van der Waals surface area (Å²) in [6.45, 7) is 8.43. The highest BCUT2D eigenvalue weighted by atomic mass is 32.1. The van der Waals surface area contributed by atoms with Crippen LogP contribution in [0.25, 0.3) is 10.1 Å². The summed E-state index contributed by atoms with van der Waals surface area (Å²) in [6, 6.07) is 11.8. The zero-order valence-electron chi connectivity index (χ0n) is 21.8. The van der Waals surface area contributed by atoms with Gasteiger partial charge in [-0.1, -0.05) is 12.1 Å². The largest absolute Gasteiger partial charge is 0.469 e. The van der Waals surface area contributed by atoms with Gasteiger partial charge in [0, 0.05) is 67.2 Å². The molecule has 2 aromatic carbocycles. The second-order valence-corrected chi connectivity index (χ2v) is 11.6. The van der Waals surface area contributed by atoms with Crippen LogP contribution in [0.2, 0.25) is 0 Å². The van der Waals surface area contributed by atoms with Crippen LogP contribution in [0.3, 0.4) is 0 Å². The molecular formula is C29H34FN3O3S. The molecule has 1 fully saturated rings. The van der Waals surface area contributed by atoms with Crippen molar-refractivity contribution in [3.63, 3.8) is 0 Å². The number of benzene rings is 2. The molecule has 0 atom stereocenters. The third-order valence-corrected chi connectivity index (χ3v) is 8.45. The van der Waals surface area contributed by atoms with Crippen molar-refractivity contribution in [3.05, 3.63) is 58.7 Å². The van der Waals surface area contributed by atoms with E-state index in [0.717, 1.165) is 72.6 Å². The quantitative estimate of drug-likeness (QED) is 0.413. The molecule has 1 amide bonds. The first-order chi connectivity index (χ1) is 17.7. The summed E-state index contributed by atoms with van der Waals surface area (Å²) in [7, 11) is 1.38. The molecule has 2 aliphatic heterocycles. The van der Waals surface area contributed by atoms with E-state index in [0.29, 0.717) is 13.0 Å². The van der Waals surface area contributed by atoms with Crippen LogP contribution < -0.4 is 9.80 Å². The van der Waals surface area contributed by atoms with E-state index in [9.17, 15) is 14.0 Å². The number of carbonyl (C=O) groups is 2. The number of esters is 1. The van der Waals surface area contributed by atoms with Crippen LogP contribution in [-0.4, -0.2) is 63.2 Å². The van der Waals surface area contributed by atoms with E-state index in [4.69, 9.17) is 4.74 Å². The summed E-state index contributed by atoms with van der Waals surface area (Å²) >= 11 is 1.58. The molecule has 0 saturated carbocycles. The molecule has 0 N–H and O–H groups in total. The minimum absolute atomic E-state index is 0.0508. The van der Waals surface area contributed by atoms with Gasteiger partial charge >= 0.3 is 5.97 Å². The lowest BCUT2D eigenvalue weighted by Gasteiger charge is -2.37. The highest BCUT2D eigenvalue weighted by molar-refractivity contribution is 7.17. The Morgan fingerprint density at radius 3 is 2.59 bits per heavy atom. The number of hydrogen-bond donors (Lipinski definition) is 0. The Kier molecular flexibility index (Phi) is 7.23. The number of hydrogen-bond acceptors (Lipinski definition) is 6. The number of halogens is 1. The summed E-state index contributed by atoms with van der Waals surface area (Å²) in [6.07, 6.45) is 2.06. The highest BCUT2D eigenvalue weighted by Crippen LogP contribution is 2.34. The fraction of sp³-hybridized carbons (Fsp3) is 0.448. The number of rotatable bonds is 7. The van der Waals surface area contributed by atoms with Crippen LogP contribution in [0, 0.1) is 11.2 Å². The molecule has 8 heteroatoms. The molecule has 0 radical (unpaired) electrons. The van der Waals surface area contributed by atoms with E-state index in [-0.39, 0.29) is 17.7 Å². The first-order valence-corrected chi connectivity index (χ1v) is 13.8. The second-order valence-electron chi connectivity index (χ2n) is 10.7. The molecule has 196 valence electrons. The van der Waals surface area contributed by atoms with Gasteiger partial charge in [0.25, 0.3) is 0 Å². The number of aryl methyl sites for hydroxylation is 1. The van der Waals surface area contributed by atoms with Crippen LogP contribution in [0.1, 0.15) is 31.4 Å². The van der Waals surface area contributed by atoms with E-state index in [1.807, 2.05) is 19.2 Å². The van der Waals surface area contributed by atoms with Gasteiger partial charge in [0.15, 0.2) is 0 Å². The average Bonchev–Trinajstić information content (AvgIpc) is 3.37. The van der Waals surface area contributed by atoms with Crippen molar-refractivity contribution in [2.24, 2.45) is 5.41 Å². The predicted molar refractivity (Wildman–Crippen MR) is 147 cm³/mol. The molecule has 2 aliphatic rings. The van der Waals surface area contributed by atoms with E-state index in [2.05, 4.69) is 34.1 Å². The number of fused-ring (bicyclic) bond motifs is 2. The lowest BCUT2D eigenvalue weighted by Crippen LogP contribution is -2.47. The Bertz CT molecular complexity index is 1310. The first-order valence-electron chi connectivity index (χ1n) is 12.9. The molecule has 0 aliphatic carbocycles. The van der Waals surface area contributed by atoms with Crippen LogP contribution in [0.4, 0.5) is 15.8 Å².